The van der Waals surface area contributed by atoms with E-state index in [4.69, 9.17) is 4.74 Å². The summed E-state index contributed by atoms with van der Waals surface area (Å²) in [4.78, 5) is 27.4. The smallest absolute Gasteiger partial charge is 0.242 e. The molecule has 0 bridgehead atoms. The SMILES string of the molecule is CC[C@@H](C(=O)NC)N(Cc1cccc(C)c1)C(=O)CCCN(c1cccc(OC)c1)S(C)(=O)=O. The van der Waals surface area contributed by atoms with Gasteiger partial charge >= 0.3 is 0 Å². The summed E-state index contributed by atoms with van der Waals surface area (Å²) in [7, 11) is -0.494. The third-order valence-corrected chi connectivity index (χ3v) is 6.76. The number of ether oxygens (including phenoxy) is 1. The fourth-order valence-electron chi connectivity index (χ4n) is 3.86. The van der Waals surface area contributed by atoms with Gasteiger partial charge in [-0.05, 0) is 37.5 Å². The first-order valence-corrected chi connectivity index (χ1v) is 13.1. The van der Waals surface area contributed by atoms with E-state index in [2.05, 4.69) is 5.32 Å². The summed E-state index contributed by atoms with van der Waals surface area (Å²) in [6.45, 7) is 4.28. The van der Waals surface area contributed by atoms with Crippen molar-refractivity contribution >= 4 is 27.5 Å². The molecule has 0 aliphatic carbocycles. The number of anilines is 1. The average molecular weight is 490 g/mol. The molecule has 2 rings (SSSR count). The number of rotatable bonds is 12. The number of benzene rings is 2. The number of aryl methyl sites for hydroxylation is 1. The van der Waals surface area contributed by atoms with Crippen molar-refractivity contribution in [2.24, 2.45) is 0 Å². The van der Waals surface area contributed by atoms with Crippen molar-refractivity contribution in [2.75, 3.05) is 31.3 Å². The summed E-state index contributed by atoms with van der Waals surface area (Å²) in [6, 6.07) is 14.0. The van der Waals surface area contributed by atoms with Crippen molar-refractivity contribution in [3.63, 3.8) is 0 Å². The molecule has 2 aromatic carbocycles. The van der Waals surface area contributed by atoms with Gasteiger partial charge in [0.25, 0.3) is 0 Å². The third kappa shape index (κ3) is 7.48. The molecule has 0 saturated heterocycles. The highest BCUT2D eigenvalue weighted by Crippen LogP contribution is 2.24. The lowest BCUT2D eigenvalue weighted by Gasteiger charge is -2.31. The molecule has 0 radical (unpaired) electrons. The zero-order valence-corrected chi connectivity index (χ0v) is 21.4. The lowest BCUT2D eigenvalue weighted by Crippen LogP contribution is -2.48. The topological polar surface area (TPSA) is 96.0 Å². The largest absolute Gasteiger partial charge is 0.497 e. The lowest BCUT2D eigenvalue weighted by molar-refractivity contribution is -0.141. The number of nitrogens with one attached hydrogen (secondary N) is 1. The number of hydrogen-bond donors (Lipinski definition) is 1. The zero-order chi connectivity index (χ0) is 25.3. The zero-order valence-electron chi connectivity index (χ0n) is 20.6. The summed E-state index contributed by atoms with van der Waals surface area (Å²) in [5.41, 5.74) is 2.48. The minimum absolute atomic E-state index is 0.106. The Labute approximate surface area is 202 Å². The van der Waals surface area contributed by atoms with Gasteiger partial charge in [0.2, 0.25) is 21.8 Å². The van der Waals surface area contributed by atoms with Crippen LogP contribution >= 0.6 is 0 Å². The number of hydrogen-bond acceptors (Lipinski definition) is 5. The minimum Gasteiger partial charge on any atom is -0.497 e. The minimum atomic E-state index is -3.56. The summed E-state index contributed by atoms with van der Waals surface area (Å²) < 4.78 is 31.3. The fraction of sp³-hybridized carbons (Fsp3) is 0.440. The van der Waals surface area contributed by atoms with Crippen LogP contribution in [0.25, 0.3) is 0 Å². The molecule has 1 N–H and O–H groups in total. The predicted molar refractivity (Wildman–Crippen MR) is 134 cm³/mol. The second kappa shape index (κ2) is 12.4. The summed E-state index contributed by atoms with van der Waals surface area (Å²) in [5.74, 6) is 0.122. The molecule has 0 aliphatic heterocycles. The van der Waals surface area contributed by atoms with Crippen LogP contribution < -0.4 is 14.4 Å². The van der Waals surface area contributed by atoms with Gasteiger partial charge in [0.05, 0.1) is 19.1 Å². The highest BCUT2D eigenvalue weighted by atomic mass is 32.2. The number of likely N-dealkylation sites (N-methyl/N-ethyl adjacent to an activating group) is 1. The van der Waals surface area contributed by atoms with Crippen LogP contribution in [0.3, 0.4) is 0 Å². The van der Waals surface area contributed by atoms with E-state index in [0.717, 1.165) is 17.4 Å². The molecule has 0 saturated carbocycles. The first kappa shape index (κ1) is 27.2. The molecule has 2 aromatic rings. The number of methoxy groups -OCH3 is 1. The van der Waals surface area contributed by atoms with Crippen molar-refractivity contribution in [1.82, 2.24) is 10.2 Å². The van der Waals surface area contributed by atoms with Crippen LogP contribution in [0.2, 0.25) is 0 Å². The van der Waals surface area contributed by atoms with E-state index in [0.29, 0.717) is 30.8 Å². The van der Waals surface area contributed by atoms with E-state index in [-0.39, 0.29) is 24.8 Å². The maximum Gasteiger partial charge on any atom is 0.242 e. The van der Waals surface area contributed by atoms with E-state index in [1.807, 2.05) is 38.1 Å². The standard InChI is InChI=1S/C25H35N3O5S/c1-6-23(25(30)26-3)27(18-20-11-7-10-19(2)16-20)24(29)14-9-15-28(34(5,31)32)21-12-8-13-22(17-21)33-4/h7-8,10-13,16-17,23H,6,9,14-15,18H2,1-5H3,(H,26,30)/t23-/m0/s1. The molecule has 0 fully saturated rings. The second-order valence-corrected chi connectivity index (χ2v) is 10.1. The molecule has 8 nitrogen and oxygen atoms in total. The predicted octanol–water partition coefficient (Wildman–Crippen LogP) is 3.10. The number of sulfonamides is 1. The van der Waals surface area contributed by atoms with Crippen LogP contribution in [0.4, 0.5) is 5.69 Å². The molecule has 1 atom stereocenters. The molecule has 2 amide bonds. The van der Waals surface area contributed by atoms with Crippen LogP contribution in [-0.4, -0.2) is 58.1 Å². The number of nitrogens with zero attached hydrogens (tertiary/aromatic N) is 2. The molecular weight excluding hydrogens is 454 g/mol. The first-order chi connectivity index (χ1) is 16.1. The first-order valence-electron chi connectivity index (χ1n) is 11.3. The van der Waals surface area contributed by atoms with Gasteiger partial charge in [0, 0.05) is 32.6 Å². The van der Waals surface area contributed by atoms with Gasteiger partial charge in [-0.15, -0.1) is 0 Å². The Morgan fingerprint density at radius 1 is 1.12 bits per heavy atom. The van der Waals surface area contributed by atoms with Crippen molar-refractivity contribution in [3.8, 4) is 5.75 Å². The molecule has 0 spiro atoms. The van der Waals surface area contributed by atoms with Crippen molar-refractivity contribution in [1.29, 1.82) is 0 Å². The summed E-state index contributed by atoms with van der Waals surface area (Å²) >= 11 is 0. The van der Waals surface area contributed by atoms with Gasteiger partial charge in [-0.2, -0.15) is 0 Å². The Hall–Kier alpha value is -3.07. The summed E-state index contributed by atoms with van der Waals surface area (Å²) in [6.07, 6.45) is 2.01. The molecule has 0 aliphatic rings. The fourth-order valence-corrected chi connectivity index (χ4v) is 4.82. The molecule has 0 heterocycles. The molecule has 9 heteroatoms. The van der Waals surface area contributed by atoms with Crippen LogP contribution in [0, 0.1) is 6.92 Å². The third-order valence-electron chi connectivity index (χ3n) is 5.56. The van der Waals surface area contributed by atoms with Crippen molar-refractivity contribution < 1.29 is 22.7 Å². The molecular formula is C25H35N3O5S. The van der Waals surface area contributed by atoms with E-state index >= 15 is 0 Å². The number of carbonyl (C=O) groups is 2. The van der Waals surface area contributed by atoms with Gasteiger partial charge in [0.15, 0.2) is 0 Å². The Bertz CT molecular complexity index is 1090. The molecule has 0 unspecified atom stereocenters. The van der Waals surface area contributed by atoms with Gasteiger partial charge in [-0.25, -0.2) is 8.42 Å². The van der Waals surface area contributed by atoms with Crippen molar-refractivity contribution in [3.05, 3.63) is 59.7 Å². The van der Waals surface area contributed by atoms with E-state index < -0.39 is 16.1 Å². The van der Waals surface area contributed by atoms with E-state index in [9.17, 15) is 18.0 Å². The average Bonchev–Trinajstić information content (AvgIpc) is 2.80. The highest BCUT2D eigenvalue weighted by Gasteiger charge is 2.28. The quantitative estimate of drug-likeness (QED) is 0.494. The lowest BCUT2D eigenvalue weighted by atomic mass is 10.1. The second-order valence-electron chi connectivity index (χ2n) is 8.19. The van der Waals surface area contributed by atoms with Gasteiger partial charge in [-0.3, -0.25) is 13.9 Å². The number of carbonyl (C=O) groups excluding carboxylic acids is 2. The van der Waals surface area contributed by atoms with Crippen LogP contribution in [-0.2, 0) is 26.2 Å². The molecule has 34 heavy (non-hydrogen) atoms. The molecule has 186 valence electrons. The number of amides is 2. The Morgan fingerprint density at radius 2 is 1.82 bits per heavy atom. The van der Waals surface area contributed by atoms with Gasteiger partial charge in [0.1, 0.15) is 11.8 Å². The van der Waals surface area contributed by atoms with Gasteiger partial charge in [-0.1, -0.05) is 42.8 Å². The molecule has 0 aromatic heterocycles. The summed E-state index contributed by atoms with van der Waals surface area (Å²) in [5, 5.41) is 2.64. The van der Waals surface area contributed by atoms with Gasteiger partial charge < -0.3 is 15.0 Å². The Balaban J connectivity index is 2.20. The normalized spacial score (nSPS) is 12.0. The maximum atomic E-state index is 13.3. The van der Waals surface area contributed by atoms with Crippen molar-refractivity contribution in [2.45, 2.75) is 45.7 Å². The monoisotopic (exact) mass is 489 g/mol. The van der Waals surface area contributed by atoms with Crippen LogP contribution in [0.1, 0.15) is 37.3 Å². The van der Waals surface area contributed by atoms with E-state index in [1.165, 1.54) is 11.4 Å². The maximum absolute atomic E-state index is 13.3. The Kier molecular flexibility index (Phi) is 9.92. The van der Waals surface area contributed by atoms with E-state index in [1.54, 1.807) is 36.2 Å². The van der Waals surface area contributed by atoms with Crippen LogP contribution in [0.15, 0.2) is 48.5 Å². The van der Waals surface area contributed by atoms with Crippen LogP contribution in [0.5, 0.6) is 5.75 Å². The highest BCUT2D eigenvalue weighted by molar-refractivity contribution is 7.92. The Morgan fingerprint density at radius 3 is 2.41 bits per heavy atom.